The van der Waals surface area contributed by atoms with Crippen LogP contribution in [0, 0.1) is 0 Å². The van der Waals surface area contributed by atoms with E-state index < -0.39 is 15.4 Å². The Morgan fingerprint density at radius 2 is 2.00 bits per heavy atom. The normalized spacial score (nSPS) is 24.1. The average molecular weight is 298 g/mol. The molecule has 0 saturated carbocycles. The minimum Gasteiger partial charge on any atom is -0.389 e. The van der Waals surface area contributed by atoms with Gasteiger partial charge in [0, 0.05) is 26.2 Å². The van der Waals surface area contributed by atoms with Gasteiger partial charge >= 0.3 is 0 Å². The molecule has 5 nitrogen and oxygen atoms in total. The highest BCUT2D eigenvalue weighted by atomic mass is 32.2. The zero-order valence-corrected chi connectivity index (χ0v) is 12.6. The molecule has 1 fully saturated rings. The summed E-state index contributed by atoms with van der Waals surface area (Å²) < 4.78 is 24.5. The molecule has 0 bridgehead atoms. The molecule has 2 rings (SSSR count). The minimum absolute atomic E-state index is 0.0745. The SMILES string of the molecule is CC1(O)CCN(CCS(=O)(=O)c2ccc(CN)cc2)C1. The molecule has 1 atom stereocenters. The molecule has 0 radical (unpaired) electrons. The van der Waals surface area contributed by atoms with Crippen molar-refractivity contribution in [3.63, 3.8) is 0 Å². The van der Waals surface area contributed by atoms with Crippen LogP contribution in [0.2, 0.25) is 0 Å². The molecule has 0 aromatic heterocycles. The second-order valence-corrected chi connectivity index (χ2v) is 7.80. The number of likely N-dealkylation sites (tertiary alicyclic amines) is 1. The van der Waals surface area contributed by atoms with Crippen molar-refractivity contribution < 1.29 is 13.5 Å². The lowest BCUT2D eigenvalue weighted by Crippen LogP contribution is -2.32. The van der Waals surface area contributed by atoms with Gasteiger partial charge in [0.2, 0.25) is 0 Å². The van der Waals surface area contributed by atoms with Crippen LogP contribution in [-0.4, -0.2) is 49.4 Å². The molecule has 1 aromatic carbocycles. The first-order chi connectivity index (χ1) is 9.32. The Bertz CT molecular complexity index is 552. The summed E-state index contributed by atoms with van der Waals surface area (Å²) in [6.45, 7) is 3.93. The zero-order valence-electron chi connectivity index (χ0n) is 11.7. The predicted molar refractivity (Wildman–Crippen MR) is 78.1 cm³/mol. The van der Waals surface area contributed by atoms with Gasteiger partial charge in [-0.2, -0.15) is 0 Å². The van der Waals surface area contributed by atoms with E-state index in [0.29, 0.717) is 31.0 Å². The van der Waals surface area contributed by atoms with Gasteiger partial charge in [-0.25, -0.2) is 8.42 Å². The number of rotatable bonds is 5. The van der Waals surface area contributed by atoms with Crippen LogP contribution in [0.15, 0.2) is 29.2 Å². The Kier molecular flexibility index (Phi) is 4.49. The maximum atomic E-state index is 12.2. The summed E-state index contributed by atoms with van der Waals surface area (Å²) in [7, 11) is -3.27. The summed E-state index contributed by atoms with van der Waals surface area (Å²) in [5.74, 6) is 0.0745. The second kappa shape index (κ2) is 5.81. The number of hydrogen-bond acceptors (Lipinski definition) is 5. The van der Waals surface area contributed by atoms with E-state index in [4.69, 9.17) is 5.73 Å². The molecule has 1 aliphatic rings. The van der Waals surface area contributed by atoms with Crippen molar-refractivity contribution in [1.82, 2.24) is 4.90 Å². The van der Waals surface area contributed by atoms with Crippen LogP contribution >= 0.6 is 0 Å². The van der Waals surface area contributed by atoms with Crippen molar-refractivity contribution in [2.45, 2.75) is 30.4 Å². The standard InChI is InChI=1S/C14H22N2O3S/c1-14(17)6-7-16(11-14)8-9-20(18,19)13-4-2-12(10-15)3-5-13/h2-5,17H,6-11,15H2,1H3. The largest absolute Gasteiger partial charge is 0.389 e. The molecule has 20 heavy (non-hydrogen) atoms. The molecule has 0 aliphatic carbocycles. The van der Waals surface area contributed by atoms with Gasteiger partial charge in [-0.1, -0.05) is 12.1 Å². The summed E-state index contributed by atoms with van der Waals surface area (Å²) in [6, 6.07) is 6.70. The van der Waals surface area contributed by atoms with Crippen molar-refractivity contribution >= 4 is 9.84 Å². The summed E-state index contributed by atoms with van der Waals surface area (Å²) in [4.78, 5) is 2.33. The van der Waals surface area contributed by atoms with E-state index in [1.807, 2.05) is 4.90 Å². The van der Waals surface area contributed by atoms with Gasteiger partial charge in [-0.15, -0.1) is 0 Å². The minimum atomic E-state index is -3.27. The third-order valence-corrected chi connectivity index (χ3v) is 5.44. The number of nitrogens with zero attached hydrogens (tertiary/aromatic N) is 1. The first kappa shape index (κ1) is 15.4. The first-order valence-electron chi connectivity index (χ1n) is 6.79. The summed E-state index contributed by atoms with van der Waals surface area (Å²) in [5, 5.41) is 9.87. The van der Waals surface area contributed by atoms with Gasteiger partial charge in [0.15, 0.2) is 9.84 Å². The third kappa shape index (κ3) is 3.79. The number of nitrogens with two attached hydrogens (primary N) is 1. The monoisotopic (exact) mass is 298 g/mol. The molecule has 112 valence electrons. The Hall–Kier alpha value is -0.950. The van der Waals surface area contributed by atoms with Gasteiger partial charge in [-0.3, -0.25) is 4.90 Å². The Morgan fingerprint density at radius 1 is 1.35 bits per heavy atom. The van der Waals surface area contributed by atoms with Crippen molar-refractivity contribution in [2.75, 3.05) is 25.4 Å². The summed E-state index contributed by atoms with van der Waals surface area (Å²) >= 11 is 0. The molecule has 1 unspecified atom stereocenters. The average Bonchev–Trinajstić information content (AvgIpc) is 2.76. The fourth-order valence-electron chi connectivity index (χ4n) is 2.43. The fourth-order valence-corrected chi connectivity index (χ4v) is 3.71. The highest BCUT2D eigenvalue weighted by Gasteiger charge is 2.31. The number of β-amino-alcohol motifs (C(OH)–C–C–N with tert-alkyl or cyclic N) is 1. The zero-order chi connectivity index (χ0) is 14.8. The molecule has 1 heterocycles. The van der Waals surface area contributed by atoms with Crippen LogP contribution in [0.1, 0.15) is 18.9 Å². The number of benzene rings is 1. The lowest BCUT2D eigenvalue weighted by molar-refractivity contribution is 0.0696. The van der Waals surface area contributed by atoms with E-state index in [1.54, 1.807) is 31.2 Å². The summed E-state index contributed by atoms with van der Waals surface area (Å²) in [6.07, 6.45) is 0.693. The Labute approximate surface area is 120 Å². The van der Waals surface area contributed by atoms with E-state index in [-0.39, 0.29) is 5.75 Å². The van der Waals surface area contributed by atoms with Gasteiger partial charge in [0.1, 0.15) is 0 Å². The topological polar surface area (TPSA) is 83.6 Å². The number of hydrogen-bond donors (Lipinski definition) is 2. The van der Waals surface area contributed by atoms with Crippen LogP contribution in [0.25, 0.3) is 0 Å². The molecule has 0 spiro atoms. The fraction of sp³-hybridized carbons (Fsp3) is 0.571. The van der Waals surface area contributed by atoms with Crippen LogP contribution in [-0.2, 0) is 16.4 Å². The van der Waals surface area contributed by atoms with Crippen molar-refractivity contribution in [3.8, 4) is 0 Å². The smallest absolute Gasteiger partial charge is 0.179 e. The van der Waals surface area contributed by atoms with Crippen molar-refractivity contribution in [2.24, 2.45) is 5.73 Å². The van der Waals surface area contributed by atoms with Crippen LogP contribution in [0.3, 0.4) is 0 Å². The highest BCUT2D eigenvalue weighted by Crippen LogP contribution is 2.20. The lowest BCUT2D eigenvalue weighted by atomic mass is 10.1. The van der Waals surface area contributed by atoms with Crippen molar-refractivity contribution in [3.05, 3.63) is 29.8 Å². The number of aliphatic hydroxyl groups is 1. The van der Waals surface area contributed by atoms with E-state index in [1.165, 1.54) is 0 Å². The lowest BCUT2D eigenvalue weighted by Gasteiger charge is -2.18. The van der Waals surface area contributed by atoms with Gasteiger partial charge < -0.3 is 10.8 Å². The maximum absolute atomic E-state index is 12.2. The number of sulfone groups is 1. The molecular weight excluding hydrogens is 276 g/mol. The third-order valence-electron chi connectivity index (χ3n) is 3.73. The van der Waals surface area contributed by atoms with E-state index >= 15 is 0 Å². The first-order valence-corrected chi connectivity index (χ1v) is 8.44. The van der Waals surface area contributed by atoms with Crippen LogP contribution in [0.4, 0.5) is 0 Å². The van der Waals surface area contributed by atoms with Gasteiger partial charge in [0.25, 0.3) is 0 Å². The predicted octanol–water partition coefficient (Wildman–Crippen LogP) is 0.376. The van der Waals surface area contributed by atoms with E-state index in [0.717, 1.165) is 12.1 Å². The molecule has 0 amide bonds. The molecule has 1 aliphatic heterocycles. The van der Waals surface area contributed by atoms with E-state index in [2.05, 4.69) is 0 Å². The Morgan fingerprint density at radius 3 is 2.50 bits per heavy atom. The Balaban J connectivity index is 1.97. The van der Waals surface area contributed by atoms with E-state index in [9.17, 15) is 13.5 Å². The second-order valence-electron chi connectivity index (χ2n) is 5.69. The molecular formula is C14H22N2O3S. The molecule has 1 saturated heterocycles. The van der Waals surface area contributed by atoms with Crippen LogP contribution in [0.5, 0.6) is 0 Å². The van der Waals surface area contributed by atoms with Crippen LogP contribution < -0.4 is 5.73 Å². The molecule has 6 heteroatoms. The quantitative estimate of drug-likeness (QED) is 0.821. The van der Waals surface area contributed by atoms with Crippen molar-refractivity contribution in [1.29, 1.82) is 0 Å². The van der Waals surface area contributed by atoms with Gasteiger partial charge in [-0.05, 0) is 31.0 Å². The molecule has 1 aromatic rings. The van der Waals surface area contributed by atoms with Gasteiger partial charge in [0.05, 0.1) is 16.2 Å². The summed E-state index contributed by atoms with van der Waals surface area (Å²) in [5.41, 5.74) is 5.72. The highest BCUT2D eigenvalue weighted by molar-refractivity contribution is 7.91. The maximum Gasteiger partial charge on any atom is 0.179 e. The molecule has 3 N–H and O–H groups in total.